The molecule has 108 valence electrons. The van der Waals surface area contributed by atoms with Crippen molar-refractivity contribution in [2.75, 3.05) is 12.5 Å². The van der Waals surface area contributed by atoms with E-state index in [1.165, 1.54) is 19.3 Å². The van der Waals surface area contributed by atoms with Crippen LogP contribution in [-0.2, 0) is 0 Å². The Bertz CT molecular complexity index is 346. The molecular weight excluding hydrogens is 324 g/mol. The Hall–Kier alpha value is -0.210. The summed E-state index contributed by atoms with van der Waals surface area (Å²) >= 11 is 9.62. The summed E-state index contributed by atoms with van der Waals surface area (Å²) in [5.41, 5.74) is 0.243. The average Bonchev–Trinajstić information content (AvgIpc) is 2.45. The van der Waals surface area contributed by atoms with Crippen LogP contribution in [0.2, 0.25) is 0 Å². The number of hydrogen-bond acceptors (Lipinski definition) is 1. The molecule has 1 unspecified atom stereocenters. The highest BCUT2D eigenvalue weighted by atomic mass is 79.9. The molecule has 1 aromatic carbocycles. The normalized spacial score (nSPS) is 14.1. The van der Waals surface area contributed by atoms with Gasteiger partial charge in [0.1, 0.15) is 5.75 Å². The SMILES string of the molecule is CCCCC(CC)(CCl)CCOc1ccc(Br)cc1. The van der Waals surface area contributed by atoms with Crippen LogP contribution >= 0.6 is 27.5 Å². The zero-order chi connectivity index (χ0) is 14.1. The molecule has 19 heavy (non-hydrogen) atoms. The van der Waals surface area contributed by atoms with Crippen molar-refractivity contribution in [3.8, 4) is 5.75 Å². The fraction of sp³-hybridized carbons (Fsp3) is 0.625. The molecule has 0 aromatic heterocycles. The Labute approximate surface area is 130 Å². The van der Waals surface area contributed by atoms with Crippen LogP contribution in [0, 0.1) is 5.41 Å². The summed E-state index contributed by atoms with van der Waals surface area (Å²) in [4.78, 5) is 0. The maximum atomic E-state index is 6.20. The highest BCUT2D eigenvalue weighted by Gasteiger charge is 2.26. The van der Waals surface area contributed by atoms with E-state index in [9.17, 15) is 0 Å². The molecule has 0 spiro atoms. The number of rotatable bonds is 9. The lowest BCUT2D eigenvalue weighted by Gasteiger charge is -2.30. The molecule has 1 atom stereocenters. The van der Waals surface area contributed by atoms with Gasteiger partial charge in [-0.1, -0.05) is 42.6 Å². The third kappa shape index (κ3) is 5.74. The predicted molar refractivity (Wildman–Crippen MR) is 87.2 cm³/mol. The molecular formula is C16H24BrClO. The van der Waals surface area contributed by atoms with E-state index in [4.69, 9.17) is 16.3 Å². The van der Waals surface area contributed by atoms with Gasteiger partial charge in [0.2, 0.25) is 0 Å². The Kier molecular flexibility index (Phi) is 7.86. The fourth-order valence-electron chi connectivity index (χ4n) is 2.17. The van der Waals surface area contributed by atoms with Crippen molar-refractivity contribution in [3.63, 3.8) is 0 Å². The molecule has 0 heterocycles. The van der Waals surface area contributed by atoms with Gasteiger partial charge in [0.15, 0.2) is 0 Å². The van der Waals surface area contributed by atoms with E-state index >= 15 is 0 Å². The molecule has 0 aliphatic heterocycles. The second-order valence-electron chi connectivity index (χ2n) is 5.14. The Morgan fingerprint density at radius 2 is 1.84 bits per heavy atom. The van der Waals surface area contributed by atoms with Gasteiger partial charge in [0.05, 0.1) is 6.61 Å². The van der Waals surface area contributed by atoms with Crippen LogP contribution in [0.25, 0.3) is 0 Å². The van der Waals surface area contributed by atoms with Crippen molar-refractivity contribution in [2.24, 2.45) is 5.41 Å². The summed E-state index contributed by atoms with van der Waals surface area (Å²) in [5, 5.41) is 0. The van der Waals surface area contributed by atoms with Gasteiger partial charge >= 0.3 is 0 Å². The molecule has 0 amide bonds. The zero-order valence-electron chi connectivity index (χ0n) is 11.9. The van der Waals surface area contributed by atoms with Gasteiger partial charge in [-0.05, 0) is 48.9 Å². The first-order valence-electron chi connectivity index (χ1n) is 7.10. The molecule has 0 saturated heterocycles. The first-order chi connectivity index (χ1) is 9.15. The lowest BCUT2D eigenvalue weighted by atomic mass is 9.79. The minimum Gasteiger partial charge on any atom is -0.494 e. The van der Waals surface area contributed by atoms with E-state index in [-0.39, 0.29) is 5.41 Å². The minimum absolute atomic E-state index is 0.243. The quantitative estimate of drug-likeness (QED) is 0.494. The number of unbranched alkanes of at least 4 members (excludes halogenated alkanes) is 1. The van der Waals surface area contributed by atoms with Gasteiger partial charge in [-0.15, -0.1) is 11.6 Å². The summed E-state index contributed by atoms with van der Waals surface area (Å²) in [6.45, 7) is 5.20. The van der Waals surface area contributed by atoms with Gasteiger partial charge in [-0.3, -0.25) is 0 Å². The number of ether oxygens (including phenoxy) is 1. The van der Waals surface area contributed by atoms with E-state index in [0.717, 1.165) is 35.6 Å². The van der Waals surface area contributed by atoms with E-state index < -0.39 is 0 Å². The predicted octanol–water partition coefficient (Wildman–Crippen LogP) is 6.04. The summed E-state index contributed by atoms with van der Waals surface area (Å²) in [6, 6.07) is 7.98. The number of benzene rings is 1. The van der Waals surface area contributed by atoms with Crippen LogP contribution in [0.5, 0.6) is 5.75 Å². The molecule has 0 aliphatic rings. The van der Waals surface area contributed by atoms with Gasteiger partial charge in [0, 0.05) is 10.4 Å². The minimum atomic E-state index is 0.243. The smallest absolute Gasteiger partial charge is 0.119 e. The fourth-order valence-corrected chi connectivity index (χ4v) is 2.90. The summed E-state index contributed by atoms with van der Waals surface area (Å²) in [5.74, 6) is 1.66. The zero-order valence-corrected chi connectivity index (χ0v) is 14.3. The number of hydrogen-bond donors (Lipinski definition) is 0. The Morgan fingerprint density at radius 1 is 1.16 bits per heavy atom. The molecule has 0 aliphatic carbocycles. The second kappa shape index (κ2) is 8.86. The van der Waals surface area contributed by atoms with Gasteiger partial charge < -0.3 is 4.74 Å². The first-order valence-corrected chi connectivity index (χ1v) is 8.43. The molecule has 0 saturated carbocycles. The third-order valence-electron chi connectivity index (χ3n) is 3.81. The summed E-state index contributed by atoms with van der Waals surface area (Å²) in [7, 11) is 0. The van der Waals surface area contributed by atoms with Crippen LogP contribution in [-0.4, -0.2) is 12.5 Å². The van der Waals surface area contributed by atoms with E-state index in [0.29, 0.717) is 0 Å². The second-order valence-corrected chi connectivity index (χ2v) is 6.33. The van der Waals surface area contributed by atoms with E-state index in [1.54, 1.807) is 0 Å². The summed E-state index contributed by atoms with van der Waals surface area (Å²) < 4.78 is 6.90. The molecule has 1 aromatic rings. The topological polar surface area (TPSA) is 9.23 Å². The van der Waals surface area contributed by atoms with Gasteiger partial charge in [-0.25, -0.2) is 0 Å². The number of halogens is 2. The maximum absolute atomic E-state index is 6.20. The lowest BCUT2D eigenvalue weighted by Crippen LogP contribution is -2.25. The van der Waals surface area contributed by atoms with Crippen LogP contribution in [0.3, 0.4) is 0 Å². The van der Waals surface area contributed by atoms with E-state index in [1.807, 2.05) is 24.3 Å². The molecule has 3 heteroatoms. The van der Waals surface area contributed by atoms with Crippen LogP contribution in [0.1, 0.15) is 46.0 Å². The molecule has 1 nitrogen and oxygen atoms in total. The molecule has 0 radical (unpaired) electrons. The van der Waals surface area contributed by atoms with E-state index in [2.05, 4.69) is 29.8 Å². The van der Waals surface area contributed by atoms with Crippen molar-refractivity contribution < 1.29 is 4.74 Å². The Morgan fingerprint density at radius 3 is 2.37 bits per heavy atom. The molecule has 0 N–H and O–H groups in total. The van der Waals surface area contributed by atoms with Crippen molar-refractivity contribution in [1.29, 1.82) is 0 Å². The maximum Gasteiger partial charge on any atom is 0.119 e. The molecule has 0 bridgehead atoms. The van der Waals surface area contributed by atoms with Crippen molar-refractivity contribution in [3.05, 3.63) is 28.7 Å². The van der Waals surface area contributed by atoms with Crippen LogP contribution < -0.4 is 4.74 Å². The van der Waals surface area contributed by atoms with Crippen molar-refractivity contribution >= 4 is 27.5 Å². The average molecular weight is 348 g/mol. The monoisotopic (exact) mass is 346 g/mol. The molecule has 1 rings (SSSR count). The number of alkyl halides is 1. The first kappa shape index (κ1) is 16.8. The standard InChI is InChI=1S/C16H24BrClO/c1-3-5-10-16(4-2,13-18)11-12-19-15-8-6-14(17)7-9-15/h6-9H,3-5,10-13H2,1-2H3. The van der Waals surface area contributed by atoms with Crippen LogP contribution in [0.4, 0.5) is 0 Å². The van der Waals surface area contributed by atoms with Gasteiger partial charge in [0.25, 0.3) is 0 Å². The van der Waals surface area contributed by atoms with Crippen molar-refractivity contribution in [1.82, 2.24) is 0 Å². The highest BCUT2D eigenvalue weighted by molar-refractivity contribution is 9.10. The van der Waals surface area contributed by atoms with Crippen LogP contribution in [0.15, 0.2) is 28.7 Å². The third-order valence-corrected chi connectivity index (χ3v) is 4.90. The lowest BCUT2D eigenvalue weighted by molar-refractivity contribution is 0.193. The highest BCUT2D eigenvalue weighted by Crippen LogP contribution is 2.34. The largest absolute Gasteiger partial charge is 0.494 e. The molecule has 0 fully saturated rings. The van der Waals surface area contributed by atoms with Gasteiger partial charge in [-0.2, -0.15) is 0 Å². The summed E-state index contributed by atoms with van der Waals surface area (Å²) in [6.07, 6.45) is 5.83. The van der Waals surface area contributed by atoms with Crippen molar-refractivity contribution in [2.45, 2.75) is 46.0 Å². The Balaban J connectivity index is 2.45.